The molecule has 0 spiro atoms. The first-order valence-corrected chi connectivity index (χ1v) is 7.15. The molecular formula is C16H21N3O. The number of fused-ring (bicyclic) bond motifs is 1. The lowest BCUT2D eigenvalue weighted by Gasteiger charge is -2.32. The Bertz CT molecular complexity index is 624. The Labute approximate surface area is 119 Å². The summed E-state index contributed by atoms with van der Waals surface area (Å²) in [6.07, 6.45) is 2.01. The van der Waals surface area contributed by atoms with Gasteiger partial charge < -0.3 is 14.4 Å². The molecule has 1 aliphatic rings. The minimum absolute atomic E-state index is 0.220. The Kier molecular flexibility index (Phi) is 3.49. The fourth-order valence-electron chi connectivity index (χ4n) is 2.73. The highest BCUT2D eigenvalue weighted by Gasteiger charge is 2.19. The van der Waals surface area contributed by atoms with E-state index in [-0.39, 0.29) is 5.91 Å². The van der Waals surface area contributed by atoms with Crippen molar-refractivity contribution >= 4 is 16.8 Å². The second-order valence-electron chi connectivity index (χ2n) is 5.69. The topological polar surface area (TPSA) is 28.5 Å². The third kappa shape index (κ3) is 2.56. The van der Waals surface area contributed by atoms with Gasteiger partial charge in [0.15, 0.2) is 0 Å². The summed E-state index contributed by atoms with van der Waals surface area (Å²) in [5, 5.41) is 1.20. The fourth-order valence-corrected chi connectivity index (χ4v) is 2.73. The molecule has 0 radical (unpaired) electrons. The number of hydrogen-bond acceptors (Lipinski definition) is 2. The Morgan fingerprint density at radius 3 is 2.65 bits per heavy atom. The van der Waals surface area contributed by atoms with Gasteiger partial charge in [0.05, 0.1) is 0 Å². The lowest BCUT2D eigenvalue weighted by atomic mass is 10.2. The molecule has 4 nitrogen and oxygen atoms in total. The Hall–Kier alpha value is -1.81. The molecule has 0 aliphatic carbocycles. The molecule has 2 heterocycles. The average molecular weight is 271 g/mol. The van der Waals surface area contributed by atoms with E-state index in [1.165, 1.54) is 10.9 Å². The molecule has 1 aromatic carbocycles. The smallest absolute Gasteiger partial charge is 0.242 e. The summed E-state index contributed by atoms with van der Waals surface area (Å²) in [4.78, 5) is 16.6. The average Bonchev–Trinajstić information content (AvgIpc) is 2.82. The predicted octanol–water partition coefficient (Wildman–Crippen LogP) is 1.72. The molecule has 1 saturated heterocycles. The van der Waals surface area contributed by atoms with Crippen molar-refractivity contribution in [2.24, 2.45) is 0 Å². The maximum absolute atomic E-state index is 12.4. The summed E-state index contributed by atoms with van der Waals surface area (Å²) in [5.74, 6) is 0.220. The molecule has 3 rings (SSSR count). The standard InChI is InChI=1S/C16H21N3O/c1-13-3-4-14-5-6-19(15(14)11-13)12-16(20)18-9-7-17(2)8-10-18/h3-6,11H,7-10,12H2,1-2H3. The Morgan fingerprint density at radius 1 is 1.15 bits per heavy atom. The molecular weight excluding hydrogens is 250 g/mol. The summed E-state index contributed by atoms with van der Waals surface area (Å²) < 4.78 is 2.06. The van der Waals surface area contributed by atoms with Gasteiger partial charge in [0.2, 0.25) is 5.91 Å². The van der Waals surface area contributed by atoms with Crippen LogP contribution in [0.4, 0.5) is 0 Å². The number of rotatable bonds is 2. The van der Waals surface area contributed by atoms with Gasteiger partial charge in [0.1, 0.15) is 6.54 Å². The van der Waals surface area contributed by atoms with Gasteiger partial charge >= 0.3 is 0 Å². The molecule has 0 bridgehead atoms. The van der Waals surface area contributed by atoms with Crippen molar-refractivity contribution in [3.8, 4) is 0 Å². The Balaban J connectivity index is 1.76. The number of aromatic nitrogens is 1. The second kappa shape index (κ2) is 5.29. The van der Waals surface area contributed by atoms with Crippen LogP contribution < -0.4 is 0 Å². The number of carbonyl (C=O) groups is 1. The largest absolute Gasteiger partial charge is 0.339 e. The van der Waals surface area contributed by atoms with Crippen LogP contribution in [-0.4, -0.2) is 53.5 Å². The molecule has 0 saturated carbocycles. The van der Waals surface area contributed by atoms with Crippen LogP contribution in [-0.2, 0) is 11.3 Å². The lowest BCUT2D eigenvalue weighted by Crippen LogP contribution is -2.48. The van der Waals surface area contributed by atoms with Gasteiger partial charge in [-0.1, -0.05) is 12.1 Å². The van der Waals surface area contributed by atoms with Crippen LogP contribution in [0, 0.1) is 6.92 Å². The van der Waals surface area contributed by atoms with Crippen molar-refractivity contribution in [2.45, 2.75) is 13.5 Å². The summed E-state index contributed by atoms with van der Waals surface area (Å²) >= 11 is 0. The zero-order chi connectivity index (χ0) is 14.1. The first-order chi connectivity index (χ1) is 9.63. The van der Waals surface area contributed by atoms with Gasteiger partial charge in [-0.2, -0.15) is 0 Å². The Morgan fingerprint density at radius 2 is 1.90 bits per heavy atom. The van der Waals surface area contributed by atoms with Crippen LogP contribution in [0.3, 0.4) is 0 Å². The quantitative estimate of drug-likeness (QED) is 0.832. The highest BCUT2D eigenvalue weighted by molar-refractivity contribution is 5.83. The molecule has 106 valence electrons. The van der Waals surface area contributed by atoms with Crippen molar-refractivity contribution in [3.05, 3.63) is 36.0 Å². The molecule has 0 N–H and O–H groups in total. The molecule has 4 heteroatoms. The first-order valence-electron chi connectivity index (χ1n) is 7.15. The highest BCUT2D eigenvalue weighted by atomic mass is 16.2. The minimum atomic E-state index is 0.220. The summed E-state index contributed by atoms with van der Waals surface area (Å²) in [7, 11) is 2.10. The normalized spacial score (nSPS) is 16.8. The maximum Gasteiger partial charge on any atom is 0.242 e. The highest BCUT2D eigenvalue weighted by Crippen LogP contribution is 2.17. The van der Waals surface area contributed by atoms with E-state index in [9.17, 15) is 4.79 Å². The van der Waals surface area contributed by atoms with Crippen LogP contribution in [0.15, 0.2) is 30.5 Å². The minimum Gasteiger partial charge on any atom is -0.339 e. The lowest BCUT2D eigenvalue weighted by molar-refractivity contribution is -0.133. The van der Waals surface area contributed by atoms with E-state index >= 15 is 0 Å². The van der Waals surface area contributed by atoms with Crippen molar-refractivity contribution in [1.82, 2.24) is 14.4 Å². The van der Waals surface area contributed by atoms with Crippen molar-refractivity contribution < 1.29 is 4.79 Å². The van der Waals surface area contributed by atoms with Gasteiger partial charge in [0, 0.05) is 37.9 Å². The monoisotopic (exact) mass is 271 g/mol. The van der Waals surface area contributed by atoms with E-state index in [2.05, 4.69) is 47.7 Å². The number of likely N-dealkylation sites (N-methyl/N-ethyl adjacent to an activating group) is 1. The number of carbonyl (C=O) groups excluding carboxylic acids is 1. The zero-order valence-electron chi connectivity index (χ0n) is 12.2. The molecule has 1 aliphatic heterocycles. The molecule has 0 unspecified atom stereocenters. The van der Waals surface area contributed by atoms with Gasteiger partial charge in [-0.25, -0.2) is 0 Å². The van der Waals surface area contributed by atoms with Gasteiger partial charge in [-0.3, -0.25) is 4.79 Å². The van der Waals surface area contributed by atoms with E-state index in [1.807, 2.05) is 11.1 Å². The van der Waals surface area contributed by atoms with Crippen LogP contribution >= 0.6 is 0 Å². The van der Waals surface area contributed by atoms with E-state index in [0.717, 1.165) is 31.7 Å². The summed E-state index contributed by atoms with van der Waals surface area (Å²) in [5.41, 5.74) is 2.37. The van der Waals surface area contributed by atoms with Crippen LogP contribution in [0.25, 0.3) is 10.9 Å². The summed E-state index contributed by atoms with van der Waals surface area (Å²) in [6.45, 7) is 6.14. The van der Waals surface area contributed by atoms with Crippen molar-refractivity contribution in [3.63, 3.8) is 0 Å². The molecule has 2 aromatic rings. The van der Waals surface area contributed by atoms with Gasteiger partial charge in [-0.05, 0) is 37.1 Å². The van der Waals surface area contributed by atoms with Crippen LogP contribution in [0.2, 0.25) is 0 Å². The zero-order valence-corrected chi connectivity index (χ0v) is 12.2. The van der Waals surface area contributed by atoms with Crippen LogP contribution in [0.1, 0.15) is 5.56 Å². The molecule has 0 atom stereocenters. The summed E-state index contributed by atoms with van der Waals surface area (Å²) in [6, 6.07) is 8.44. The maximum atomic E-state index is 12.4. The molecule has 20 heavy (non-hydrogen) atoms. The number of aryl methyl sites for hydroxylation is 1. The van der Waals surface area contributed by atoms with E-state index in [4.69, 9.17) is 0 Å². The second-order valence-corrected chi connectivity index (χ2v) is 5.69. The number of benzene rings is 1. The third-order valence-corrected chi connectivity index (χ3v) is 4.09. The van der Waals surface area contributed by atoms with E-state index in [1.54, 1.807) is 0 Å². The van der Waals surface area contributed by atoms with Gasteiger partial charge in [0.25, 0.3) is 0 Å². The number of hydrogen-bond donors (Lipinski definition) is 0. The SMILES string of the molecule is Cc1ccc2ccn(CC(=O)N3CCN(C)CC3)c2c1. The third-order valence-electron chi connectivity index (χ3n) is 4.09. The molecule has 1 fully saturated rings. The molecule has 1 amide bonds. The number of piperazine rings is 1. The predicted molar refractivity (Wildman–Crippen MR) is 80.8 cm³/mol. The van der Waals surface area contributed by atoms with Crippen molar-refractivity contribution in [1.29, 1.82) is 0 Å². The van der Waals surface area contributed by atoms with E-state index in [0.29, 0.717) is 6.54 Å². The van der Waals surface area contributed by atoms with Crippen molar-refractivity contribution in [2.75, 3.05) is 33.2 Å². The first kappa shape index (κ1) is 13.2. The fraction of sp³-hybridized carbons (Fsp3) is 0.438. The van der Waals surface area contributed by atoms with Crippen LogP contribution in [0.5, 0.6) is 0 Å². The van der Waals surface area contributed by atoms with E-state index < -0.39 is 0 Å². The number of nitrogens with zero attached hydrogens (tertiary/aromatic N) is 3. The molecule has 1 aromatic heterocycles. The van der Waals surface area contributed by atoms with Gasteiger partial charge in [-0.15, -0.1) is 0 Å². The number of amides is 1.